The van der Waals surface area contributed by atoms with Crippen LogP contribution in [0.3, 0.4) is 0 Å². The molecule has 0 bridgehead atoms. The maximum atomic E-state index is 14.4. The summed E-state index contributed by atoms with van der Waals surface area (Å²) in [4.78, 5) is 0. The molecule has 0 unspecified atom stereocenters. The highest BCUT2D eigenvalue weighted by molar-refractivity contribution is 5.72. The van der Waals surface area contributed by atoms with Gasteiger partial charge in [-0.05, 0) is 23.6 Å². The number of benzene rings is 3. The van der Waals surface area contributed by atoms with Crippen LogP contribution < -0.4 is 0 Å². The quantitative estimate of drug-likeness (QED) is 0.550. The van der Waals surface area contributed by atoms with Gasteiger partial charge in [0.05, 0.1) is 0 Å². The van der Waals surface area contributed by atoms with Gasteiger partial charge in [0, 0.05) is 11.1 Å². The first-order valence-corrected chi connectivity index (χ1v) is 7.30. The summed E-state index contributed by atoms with van der Waals surface area (Å²) in [5.41, 5.74) is 3.11. The summed E-state index contributed by atoms with van der Waals surface area (Å²) in [5, 5.41) is 0. The van der Waals surface area contributed by atoms with Gasteiger partial charge in [-0.15, -0.1) is 0 Å². The second-order valence-electron chi connectivity index (χ2n) is 5.49. The first-order chi connectivity index (χ1) is 11.1. The van der Waals surface area contributed by atoms with Crippen molar-refractivity contribution in [1.29, 1.82) is 0 Å². The lowest BCUT2D eigenvalue weighted by Gasteiger charge is -2.10. The van der Waals surface area contributed by atoms with Crippen LogP contribution in [0.1, 0.15) is 11.1 Å². The number of rotatable bonds is 3. The van der Waals surface area contributed by atoms with Crippen molar-refractivity contribution in [1.82, 2.24) is 0 Å². The molecule has 0 fully saturated rings. The van der Waals surface area contributed by atoms with Gasteiger partial charge >= 0.3 is 0 Å². The third kappa shape index (κ3) is 3.00. The average Bonchev–Trinajstić information content (AvgIpc) is 2.58. The van der Waals surface area contributed by atoms with Crippen LogP contribution in [-0.2, 0) is 6.67 Å². The fourth-order valence-electron chi connectivity index (χ4n) is 2.50. The molecule has 0 saturated carbocycles. The van der Waals surface area contributed by atoms with Crippen LogP contribution in [-0.4, -0.2) is 0 Å². The maximum Gasteiger partial charge on any atom is 0.167 e. The first-order valence-electron chi connectivity index (χ1n) is 7.30. The summed E-state index contributed by atoms with van der Waals surface area (Å²) in [6.07, 6.45) is 0. The highest BCUT2D eigenvalue weighted by Gasteiger charge is 2.15. The maximum absolute atomic E-state index is 14.4. The minimum absolute atomic E-state index is 0.170. The van der Waals surface area contributed by atoms with E-state index in [-0.39, 0.29) is 11.1 Å². The molecule has 0 nitrogen and oxygen atoms in total. The standard InChI is InChI=1S/C20H15F3/c1-13-2-6-15(7-3-13)17-10-11-18(20(23)19(17)22)16-8-4-14(12-21)5-9-16/h2-11H,12H2,1H3. The summed E-state index contributed by atoms with van der Waals surface area (Å²) in [5.74, 6) is -1.77. The molecule has 116 valence electrons. The fourth-order valence-corrected chi connectivity index (χ4v) is 2.50. The van der Waals surface area contributed by atoms with Gasteiger partial charge in [-0.25, -0.2) is 13.2 Å². The van der Waals surface area contributed by atoms with E-state index in [1.165, 1.54) is 0 Å². The van der Waals surface area contributed by atoms with Gasteiger partial charge in [0.2, 0.25) is 0 Å². The van der Waals surface area contributed by atoms with Crippen molar-refractivity contribution >= 4 is 0 Å². The van der Waals surface area contributed by atoms with Gasteiger partial charge in [-0.3, -0.25) is 0 Å². The zero-order valence-electron chi connectivity index (χ0n) is 12.6. The molecule has 0 atom stereocenters. The zero-order chi connectivity index (χ0) is 16.4. The summed E-state index contributed by atoms with van der Waals surface area (Å²) >= 11 is 0. The van der Waals surface area contributed by atoms with Crippen LogP contribution in [0.2, 0.25) is 0 Å². The van der Waals surface area contributed by atoms with E-state index < -0.39 is 18.3 Å². The number of hydrogen-bond acceptors (Lipinski definition) is 0. The van der Waals surface area contributed by atoms with Crippen LogP contribution in [0, 0.1) is 18.6 Å². The Hall–Kier alpha value is -2.55. The molecular formula is C20H15F3. The van der Waals surface area contributed by atoms with Crippen LogP contribution in [0.25, 0.3) is 22.3 Å². The predicted octanol–water partition coefficient (Wildman–Crippen LogP) is 6.08. The molecule has 3 aromatic carbocycles. The molecule has 0 aliphatic carbocycles. The van der Waals surface area contributed by atoms with Gasteiger partial charge in [0.1, 0.15) is 6.67 Å². The van der Waals surface area contributed by atoms with Crippen molar-refractivity contribution < 1.29 is 13.2 Å². The van der Waals surface area contributed by atoms with Gasteiger partial charge in [-0.2, -0.15) is 0 Å². The van der Waals surface area contributed by atoms with Crippen molar-refractivity contribution in [2.24, 2.45) is 0 Å². The lowest BCUT2D eigenvalue weighted by atomic mass is 9.98. The number of hydrogen-bond donors (Lipinski definition) is 0. The molecular weight excluding hydrogens is 297 g/mol. The molecule has 3 heteroatoms. The van der Waals surface area contributed by atoms with E-state index in [0.717, 1.165) is 5.56 Å². The molecule has 0 spiro atoms. The van der Waals surface area contributed by atoms with Crippen LogP contribution >= 0.6 is 0 Å². The van der Waals surface area contributed by atoms with E-state index in [1.54, 1.807) is 48.5 Å². The van der Waals surface area contributed by atoms with Crippen LogP contribution in [0.4, 0.5) is 13.2 Å². The van der Waals surface area contributed by atoms with Gasteiger partial charge in [-0.1, -0.05) is 66.2 Å². The smallest absolute Gasteiger partial charge is 0.167 e. The lowest BCUT2D eigenvalue weighted by Crippen LogP contribution is -1.94. The Morgan fingerprint density at radius 2 is 1.09 bits per heavy atom. The first kappa shape index (κ1) is 15.3. The topological polar surface area (TPSA) is 0 Å². The Kier molecular flexibility index (Phi) is 4.20. The molecule has 0 saturated heterocycles. The van der Waals surface area contributed by atoms with E-state index in [2.05, 4.69) is 0 Å². The summed E-state index contributed by atoms with van der Waals surface area (Å²) < 4.78 is 41.4. The van der Waals surface area contributed by atoms with Crippen molar-refractivity contribution in [2.45, 2.75) is 13.6 Å². The molecule has 0 aliphatic heterocycles. The molecule has 0 amide bonds. The second kappa shape index (κ2) is 6.29. The molecule has 0 N–H and O–H groups in total. The van der Waals surface area contributed by atoms with Crippen LogP contribution in [0.15, 0.2) is 60.7 Å². The highest BCUT2D eigenvalue weighted by atomic mass is 19.2. The Bertz CT molecular complexity index is 819. The average molecular weight is 312 g/mol. The monoisotopic (exact) mass is 312 g/mol. The molecule has 0 aliphatic rings. The van der Waals surface area contributed by atoms with E-state index in [4.69, 9.17) is 0 Å². The number of alkyl halides is 1. The Morgan fingerprint density at radius 3 is 1.52 bits per heavy atom. The minimum atomic E-state index is -0.893. The van der Waals surface area contributed by atoms with Crippen molar-refractivity contribution in [3.8, 4) is 22.3 Å². The molecule has 0 heterocycles. The predicted molar refractivity (Wildman–Crippen MR) is 86.8 cm³/mol. The Morgan fingerprint density at radius 1 is 0.652 bits per heavy atom. The van der Waals surface area contributed by atoms with Gasteiger partial charge in [0.25, 0.3) is 0 Å². The van der Waals surface area contributed by atoms with E-state index in [9.17, 15) is 13.2 Å². The SMILES string of the molecule is Cc1ccc(-c2ccc(-c3ccc(CF)cc3)c(F)c2F)cc1. The summed E-state index contributed by atoms with van der Waals surface area (Å²) in [6, 6.07) is 16.7. The second-order valence-corrected chi connectivity index (χ2v) is 5.49. The lowest BCUT2D eigenvalue weighted by molar-refractivity contribution is 0.485. The summed E-state index contributed by atoms with van der Waals surface area (Å²) in [6.45, 7) is 1.36. The third-order valence-corrected chi connectivity index (χ3v) is 3.86. The largest absolute Gasteiger partial charge is 0.246 e. The van der Waals surface area contributed by atoms with E-state index in [1.807, 2.05) is 19.1 Å². The van der Waals surface area contributed by atoms with E-state index in [0.29, 0.717) is 16.7 Å². The van der Waals surface area contributed by atoms with Crippen LogP contribution in [0.5, 0.6) is 0 Å². The molecule has 3 rings (SSSR count). The Balaban J connectivity index is 2.04. The molecule has 3 aromatic rings. The fraction of sp³-hybridized carbons (Fsp3) is 0.100. The highest BCUT2D eigenvalue weighted by Crippen LogP contribution is 2.31. The molecule has 0 radical (unpaired) electrons. The van der Waals surface area contributed by atoms with Gasteiger partial charge in [0.15, 0.2) is 11.6 Å². The van der Waals surface area contributed by atoms with Crippen molar-refractivity contribution in [3.63, 3.8) is 0 Å². The molecule has 23 heavy (non-hydrogen) atoms. The van der Waals surface area contributed by atoms with E-state index >= 15 is 0 Å². The van der Waals surface area contributed by atoms with Crippen molar-refractivity contribution in [3.05, 3.63) is 83.4 Å². The minimum Gasteiger partial charge on any atom is -0.246 e. The third-order valence-electron chi connectivity index (χ3n) is 3.86. The summed E-state index contributed by atoms with van der Waals surface area (Å²) in [7, 11) is 0. The number of halogens is 3. The molecule has 0 aromatic heterocycles. The Labute approximate surface area is 133 Å². The van der Waals surface area contributed by atoms with Gasteiger partial charge < -0.3 is 0 Å². The zero-order valence-corrected chi connectivity index (χ0v) is 12.6. The normalized spacial score (nSPS) is 10.8. The number of aryl methyl sites for hydroxylation is 1. The van der Waals surface area contributed by atoms with Crippen molar-refractivity contribution in [2.75, 3.05) is 0 Å².